The number of rotatable bonds is 8. The third-order valence-electron chi connectivity index (χ3n) is 6.07. The zero-order valence-corrected chi connectivity index (χ0v) is 17.4. The number of hydrogen-bond donors (Lipinski definition) is 0. The average Bonchev–Trinajstić information content (AvgIpc) is 3.31. The fourth-order valence-electron chi connectivity index (χ4n) is 4.28. The Balaban J connectivity index is 1.41. The Morgan fingerprint density at radius 3 is 2.24 bits per heavy atom. The van der Waals surface area contributed by atoms with Gasteiger partial charge in [-0.25, -0.2) is 0 Å². The number of carbonyl (C=O) groups excluding carboxylic acids is 3. The number of nitrogens with zero attached hydrogens (tertiary/aromatic N) is 2. The zero-order chi connectivity index (χ0) is 20.6. The van der Waals surface area contributed by atoms with Crippen LogP contribution in [-0.4, -0.2) is 60.7 Å². The second-order valence-electron chi connectivity index (χ2n) is 8.13. The number of amides is 2. The molecule has 0 spiro atoms. The smallest absolute Gasteiger partial charge is 0.223 e. The molecular formula is C23H32N2O4. The number of methoxy groups -OCH3 is 1. The minimum atomic E-state index is -0.0224. The van der Waals surface area contributed by atoms with Gasteiger partial charge in [-0.05, 0) is 62.3 Å². The average molecular weight is 401 g/mol. The van der Waals surface area contributed by atoms with E-state index in [9.17, 15) is 14.4 Å². The number of likely N-dealkylation sites (tertiary alicyclic amines) is 2. The van der Waals surface area contributed by atoms with Crippen LogP contribution in [0.3, 0.4) is 0 Å². The van der Waals surface area contributed by atoms with Crippen LogP contribution >= 0.6 is 0 Å². The van der Waals surface area contributed by atoms with E-state index in [0.717, 1.165) is 51.7 Å². The first-order valence-corrected chi connectivity index (χ1v) is 10.8. The molecule has 158 valence electrons. The van der Waals surface area contributed by atoms with E-state index < -0.39 is 0 Å². The molecule has 2 heterocycles. The largest absolute Gasteiger partial charge is 0.497 e. The Bertz CT molecular complexity index is 710. The number of hydrogen-bond acceptors (Lipinski definition) is 4. The van der Waals surface area contributed by atoms with Crippen molar-refractivity contribution in [3.05, 3.63) is 29.8 Å². The molecule has 2 saturated heterocycles. The molecule has 2 amide bonds. The molecule has 6 nitrogen and oxygen atoms in total. The molecule has 1 aromatic carbocycles. The number of Topliss-reactive ketones (excluding diaryl/α,β-unsaturated/α-hetero) is 1. The summed E-state index contributed by atoms with van der Waals surface area (Å²) in [6.07, 6.45) is 6.18. The summed E-state index contributed by atoms with van der Waals surface area (Å²) in [6.45, 7) is 3.27. The maximum Gasteiger partial charge on any atom is 0.223 e. The summed E-state index contributed by atoms with van der Waals surface area (Å²) in [5.74, 6) is 1.38. The molecule has 0 aliphatic carbocycles. The van der Waals surface area contributed by atoms with Gasteiger partial charge in [0.15, 0.2) is 5.78 Å². The molecule has 2 fully saturated rings. The summed E-state index contributed by atoms with van der Waals surface area (Å²) in [6, 6.07) is 6.99. The maximum absolute atomic E-state index is 12.6. The van der Waals surface area contributed by atoms with E-state index in [0.29, 0.717) is 30.2 Å². The summed E-state index contributed by atoms with van der Waals surface area (Å²) in [5.41, 5.74) is 0.607. The molecule has 3 rings (SSSR count). The van der Waals surface area contributed by atoms with Crippen molar-refractivity contribution in [2.75, 3.05) is 33.3 Å². The van der Waals surface area contributed by atoms with Crippen LogP contribution in [0.4, 0.5) is 0 Å². The molecule has 2 aliphatic rings. The van der Waals surface area contributed by atoms with Crippen molar-refractivity contribution < 1.29 is 19.1 Å². The number of carbonyl (C=O) groups is 3. The fraction of sp³-hybridized carbons (Fsp3) is 0.609. The van der Waals surface area contributed by atoms with Gasteiger partial charge in [0.1, 0.15) is 5.75 Å². The molecular weight excluding hydrogens is 368 g/mol. The van der Waals surface area contributed by atoms with E-state index in [2.05, 4.69) is 0 Å². The quantitative estimate of drug-likeness (QED) is 0.628. The van der Waals surface area contributed by atoms with Crippen molar-refractivity contribution in [3.8, 4) is 5.75 Å². The Morgan fingerprint density at radius 1 is 0.897 bits per heavy atom. The summed E-state index contributed by atoms with van der Waals surface area (Å²) in [5, 5.41) is 0. The van der Waals surface area contributed by atoms with E-state index in [1.807, 2.05) is 9.80 Å². The highest BCUT2D eigenvalue weighted by Crippen LogP contribution is 2.23. The SMILES string of the molecule is COc1ccc(C(=O)CCC(=O)N2CCC[C@@H](CCC(=O)N3CCCC3)C2)cc1. The Kier molecular flexibility index (Phi) is 7.67. The van der Waals surface area contributed by atoms with Gasteiger partial charge in [-0.1, -0.05) is 0 Å². The molecule has 0 bridgehead atoms. The highest BCUT2D eigenvalue weighted by Gasteiger charge is 2.25. The van der Waals surface area contributed by atoms with Crippen molar-refractivity contribution in [3.63, 3.8) is 0 Å². The monoisotopic (exact) mass is 400 g/mol. The lowest BCUT2D eigenvalue weighted by Crippen LogP contribution is -2.40. The molecule has 6 heteroatoms. The van der Waals surface area contributed by atoms with Gasteiger partial charge < -0.3 is 14.5 Å². The first kappa shape index (κ1) is 21.3. The fourth-order valence-corrected chi connectivity index (χ4v) is 4.28. The molecule has 0 unspecified atom stereocenters. The molecule has 0 saturated carbocycles. The van der Waals surface area contributed by atoms with Crippen LogP contribution in [0.15, 0.2) is 24.3 Å². The Morgan fingerprint density at radius 2 is 1.55 bits per heavy atom. The third kappa shape index (κ3) is 6.05. The number of piperidine rings is 1. The topological polar surface area (TPSA) is 66.9 Å². The van der Waals surface area contributed by atoms with Crippen LogP contribution in [0.5, 0.6) is 5.75 Å². The van der Waals surface area contributed by atoms with Crippen molar-refractivity contribution in [2.45, 2.75) is 51.4 Å². The highest BCUT2D eigenvalue weighted by molar-refractivity contribution is 5.98. The van der Waals surface area contributed by atoms with E-state index >= 15 is 0 Å². The summed E-state index contributed by atoms with van der Waals surface area (Å²) in [4.78, 5) is 41.1. The molecule has 0 aromatic heterocycles. The number of ether oxygens (including phenoxy) is 1. The van der Waals surface area contributed by atoms with Crippen molar-refractivity contribution in [2.24, 2.45) is 5.92 Å². The predicted octanol–water partition coefficient (Wildman–Crippen LogP) is 3.30. The van der Waals surface area contributed by atoms with Gasteiger partial charge in [-0.15, -0.1) is 0 Å². The number of ketones is 1. The lowest BCUT2D eigenvalue weighted by Gasteiger charge is -2.33. The minimum absolute atomic E-state index is 0.0224. The summed E-state index contributed by atoms with van der Waals surface area (Å²) >= 11 is 0. The van der Waals surface area contributed by atoms with Gasteiger partial charge in [0, 0.05) is 51.0 Å². The van der Waals surface area contributed by atoms with Crippen LogP contribution in [0.1, 0.15) is 61.7 Å². The van der Waals surface area contributed by atoms with Gasteiger partial charge in [-0.3, -0.25) is 14.4 Å². The van der Waals surface area contributed by atoms with Crippen molar-refractivity contribution in [1.82, 2.24) is 9.80 Å². The predicted molar refractivity (Wildman–Crippen MR) is 111 cm³/mol. The van der Waals surface area contributed by atoms with Crippen molar-refractivity contribution in [1.29, 1.82) is 0 Å². The van der Waals surface area contributed by atoms with Crippen LogP contribution in [0.25, 0.3) is 0 Å². The molecule has 29 heavy (non-hydrogen) atoms. The minimum Gasteiger partial charge on any atom is -0.497 e. The van der Waals surface area contributed by atoms with Gasteiger partial charge in [0.25, 0.3) is 0 Å². The molecule has 0 N–H and O–H groups in total. The first-order valence-electron chi connectivity index (χ1n) is 10.8. The standard InChI is InChI=1S/C23H32N2O4/c1-29-20-9-7-19(8-10-20)21(26)11-13-23(28)25-16-4-5-18(17-25)6-12-22(27)24-14-2-3-15-24/h7-10,18H,2-6,11-17H2,1H3/t18-/m0/s1. The summed E-state index contributed by atoms with van der Waals surface area (Å²) in [7, 11) is 1.59. The third-order valence-corrected chi connectivity index (χ3v) is 6.07. The second-order valence-corrected chi connectivity index (χ2v) is 8.13. The maximum atomic E-state index is 12.6. The second kappa shape index (κ2) is 10.4. The van der Waals surface area contributed by atoms with Crippen LogP contribution in [0, 0.1) is 5.92 Å². The van der Waals surface area contributed by atoms with Crippen molar-refractivity contribution >= 4 is 17.6 Å². The van der Waals surface area contributed by atoms with Gasteiger partial charge >= 0.3 is 0 Å². The van der Waals surface area contributed by atoms with E-state index in [1.165, 1.54) is 0 Å². The van der Waals surface area contributed by atoms with Gasteiger partial charge in [0.05, 0.1) is 7.11 Å². The molecule has 1 aromatic rings. The lowest BCUT2D eigenvalue weighted by atomic mass is 9.92. The van der Waals surface area contributed by atoms with E-state index in [4.69, 9.17) is 4.74 Å². The van der Waals surface area contributed by atoms with Crippen LogP contribution in [-0.2, 0) is 9.59 Å². The van der Waals surface area contributed by atoms with E-state index in [-0.39, 0.29) is 30.4 Å². The normalized spacial score (nSPS) is 19.3. The van der Waals surface area contributed by atoms with Crippen LogP contribution in [0.2, 0.25) is 0 Å². The van der Waals surface area contributed by atoms with Gasteiger partial charge in [0.2, 0.25) is 11.8 Å². The zero-order valence-electron chi connectivity index (χ0n) is 17.4. The highest BCUT2D eigenvalue weighted by atomic mass is 16.5. The first-order chi connectivity index (χ1) is 14.1. The van der Waals surface area contributed by atoms with Gasteiger partial charge in [-0.2, -0.15) is 0 Å². The Hall–Kier alpha value is -2.37. The molecule has 0 radical (unpaired) electrons. The van der Waals surface area contributed by atoms with Crippen LogP contribution < -0.4 is 4.74 Å². The molecule has 2 aliphatic heterocycles. The summed E-state index contributed by atoms with van der Waals surface area (Å²) < 4.78 is 5.10. The Labute approximate surface area is 173 Å². The number of benzene rings is 1. The van der Waals surface area contributed by atoms with E-state index in [1.54, 1.807) is 31.4 Å². The molecule has 1 atom stereocenters. The lowest BCUT2D eigenvalue weighted by molar-refractivity contribution is -0.133.